The Labute approximate surface area is 145 Å². The van der Waals surface area contributed by atoms with Gasteiger partial charge in [0.05, 0.1) is 0 Å². The number of amides is 1. The quantitative estimate of drug-likeness (QED) is 0.572. The fraction of sp³-hybridized carbons (Fsp3) is 0.529. The van der Waals surface area contributed by atoms with Gasteiger partial charge >= 0.3 is 12.1 Å². The van der Waals surface area contributed by atoms with Gasteiger partial charge in [0, 0.05) is 5.33 Å². The normalized spacial score (nSPS) is 12.3. The van der Waals surface area contributed by atoms with Gasteiger partial charge in [-0.05, 0) is 39.2 Å². The molecule has 0 saturated heterocycles. The van der Waals surface area contributed by atoms with Gasteiger partial charge in [-0.2, -0.15) is 0 Å². The van der Waals surface area contributed by atoms with Crippen LogP contribution in [0.15, 0.2) is 30.3 Å². The van der Waals surface area contributed by atoms with Gasteiger partial charge in [0.15, 0.2) is 0 Å². The van der Waals surface area contributed by atoms with Crippen molar-refractivity contribution in [2.24, 2.45) is 0 Å². The second kappa shape index (κ2) is 9.55. The van der Waals surface area contributed by atoms with Gasteiger partial charge in [0.1, 0.15) is 18.2 Å². The fourth-order valence-electron chi connectivity index (χ4n) is 1.81. The number of ether oxygens (including phenoxy) is 2. The van der Waals surface area contributed by atoms with Gasteiger partial charge in [-0.1, -0.05) is 46.3 Å². The first-order valence-corrected chi connectivity index (χ1v) is 8.70. The molecule has 0 aliphatic carbocycles. The van der Waals surface area contributed by atoms with Gasteiger partial charge < -0.3 is 14.8 Å². The van der Waals surface area contributed by atoms with Crippen LogP contribution in [0.1, 0.15) is 39.2 Å². The Bertz CT molecular complexity index is 499. The number of alkyl carbamates (subject to hydrolysis) is 1. The standard InChI is InChI=1S/C17H24BrNO4/c1-17(2,3)23-15(20)14(10-7-11-18)19-16(21)22-12-13-8-5-4-6-9-13/h4-6,8-9,14H,7,10-12H2,1-3H3,(H,19,21)/t14-/m1/s1. The summed E-state index contributed by atoms with van der Waals surface area (Å²) in [4.78, 5) is 24.1. The third-order valence-electron chi connectivity index (χ3n) is 2.82. The van der Waals surface area contributed by atoms with Crippen molar-refractivity contribution in [3.63, 3.8) is 0 Å². The lowest BCUT2D eigenvalue weighted by Crippen LogP contribution is -2.44. The first-order valence-electron chi connectivity index (χ1n) is 7.58. The highest BCUT2D eigenvalue weighted by molar-refractivity contribution is 9.09. The maximum atomic E-state index is 12.2. The molecule has 0 saturated carbocycles. The minimum absolute atomic E-state index is 0.159. The molecule has 0 heterocycles. The molecule has 128 valence electrons. The van der Waals surface area contributed by atoms with Gasteiger partial charge in [-0.15, -0.1) is 0 Å². The third kappa shape index (κ3) is 8.59. The average molecular weight is 386 g/mol. The van der Waals surface area contributed by atoms with Crippen LogP contribution in [0.4, 0.5) is 4.79 Å². The second-order valence-electron chi connectivity index (χ2n) is 6.12. The van der Waals surface area contributed by atoms with Crippen LogP contribution in [0.25, 0.3) is 0 Å². The van der Waals surface area contributed by atoms with Gasteiger partial charge in [-0.25, -0.2) is 9.59 Å². The molecular weight excluding hydrogens is 362 g/mol. The summed E-state index contributed by atoms with van der Waals surface area (Å²) in [6, 6.07) is 8.65. The molecule has 23 heavy (non-hydrogen) atoms. The topological polar surface area (TPSA) is 64.6 Å². The molecule has 0 aliphatic rings. The molecule has 0 spiro atoms. The molecule has 0 radical (unpaired) electrons. The van der Waals surface area contributed by atoms with E-state index >= 15 is 0 Å². The largest absolute Gasteiger partial charge is 0.458 e. The Kier molecular flexibility index (Phi) is 8.09. The molecule has 0 unspecified atom stereocenters. The van der Waals surface area contributed by atoms with Crippen molar-refractivity contribution in [2.75, 3.05) is 5.33 Å². The zero-order chi connectivity index (χ0) is 17.3. The Morgan fingerprint density at radius 2 is 1.87 bits per heavy atom. The summed E-state index contributed by atoms with van der Waals surface area (Å²) in [6.07, 6.45) is 0.600. The summed E-state index contributed by atoms with van der Waals surface area (Å²) in [5.74, 6) is -0.449. The van der Waals surface area contributed by atoms with Crippen LogP contribution in [-0.4, -0.2) is 29.0 Å². The van der Waals surface area contributed by atoms with Crippen LogP contribution >= 0.6 is 15.9 Å². The van der Waals surface area contributed by atoms with Crippen LogP contribution < -0.4 is 5.32 Å². The van der Waals surface area contributed by atoms with Crippen molar-refractivity contribution in [3.8, 4) is 0 Å². The van der Waals surface area contributed by atoms with Gasteiger partial charge in [0.2, 0.25) is 0 Å². The highest BCUT2D eigenvalue weighted by Gasteiger charge is 2.26. The van der Waals surface area contributed by atoms with Crippen molar-refractivity contribution in [1.82, 2.24) is 5.32 Å². The van der Waals surface area contributed by atoms with Crippen molar-refractivity contribution in [2.45, 2.75) is 51.9 Å². The number of nitrogens with one attached hydrogen (secondary N) is 1. The maximum absolute atomic E-state index is 12.2. The van der Waals surface area contributed by atoms with Gasteiger partial charge in [0.25, 0.3) is 0 Å². The van der Waals surface area contributed by atoms with E-state index in [0.29, 0.717) is 6.42 Å². The predicted molar refractivity (Wildman–Crippen MR) is 92.4 cm³/mol. The first kappa shape index (κ1) is 19.5. The molecule has 1 aromatic carbocycles. The van der Waals surface area contributed by atoms with Crippen molar-refractivity contribution < 1.29 is 19.1 Å². The summed E-state index contributed by atoms with van der Waals surface area (Å²) >= 11 is 3.32. The molecule has 1 aromatic rings. The zero-order valence-electron chi connectivity index (χ0n) is 13.8. The van der Waals surface area contributed by atoms with Crippen LogP contribution in [-0.2, 0) is 20.9 Å². The summed E-state index contributed by atoms with van der Waals surface area (Å²) in [6.45, 7) is 5.53. The molecule has 0 bridgehead atoms. The molecule has 0 aliphatic heterocycles. The van der Waals surface area contributed by atoms with Crippen molar-refractivity contribution in [3.05, 3.63) is 35.9 Å². The maximum Gasteiger partial charge on any atom is 0.408 e. The lowest BCUT2D eigenvalue weighted by molar-refractivity contribution is -0.157. The average Bonchev–Trinajstić information content (AvgIpc) is 2.48. The molecule has 1 N–H and O–H groups in total. The summed E-state index contributed by atoms with van der Waals surface area (Å²) in [7, 11) is 0. The van der Waals surface area contributed by atoms with E-state index in [9.17, 15) is 9.59 Å². The lowest BCUT2D eigenvalue weighted by Gasteiger charge is -2.24. The molecule has 5 nitrogen and oxygen atoms in total. The number of benzene rings is 1. The van der Waals surface area contributed by atoms with E-state index in [-0.39, 0.29) is 6.61 Å². The van der Waals surface area contributed by atoms with Crippen molar-refractivity contribution >= 4 is 28.0 Å². The Hall–Kier alpha value is -1.56. The smallest absolute Gasteiger partial charge is 0.408 e. The number of halogens is 1. The summed E-state index contributed by atoms with van der Waals surface area (Å²) in [5.41, 5.74) is 0.288. The molecule has 1 amide bonds. The fourth-order valence-corrected chi connectivity index (χ4v) is 2.13. The number of hydrogen-bond acceptors (Lipinski definition) is 4. The molecule has 0 fully saturated rings. The lowest BCUT2D eigenvalue weighted by atomic mass is 10.1. The highest BCUT2D eigenvalue weighted by atomic mass is 79.9. The minimum Gasteiger partial charge on any atom is -0.458 e. The number of hydrogen-bond donors (Lipinski definition) is 1. The van der Waals surface area contributed by atoms with E-state index in [0.717, 1.165) is 17.3 Å². The Morgan fingerprint density at radius 3 is 2.43 bits per heavy atom. The number of rotatable bonds is 7. The van der Waals surface area contributed by atoms with Crippen LogP contribution in [0.2, 0.25) is 0 Å². The Balaban J connectivity index is 2.54. The molecule has 1 rings (SSSR count). The molecule has 6 heteroatoms. The predicted octanol–water partition coefficient (Wildman–Crippen LogP) is 3.80. The SMILES string of the molecule is CC(C)(C)OC(=O)[C@@H](CCCBr)NC(=O)OCc1ccccc1. The van der Waals surface area contributed by atoms with Crippen LogP contribution in [0, 0.1) is 0 Å². The van der Waals surface area contributed by atoms with E-state index in [2.05, 4.69) is 21.2 Å². The van der Waals surface area contributed by atoms with E-state index in [1.54, 1.807) is 20.8 Å². The number of alkyl halides is 1. The van der Waals surface area contributed by atoms with E-state index in [1.165, 1.54) is 0 Å². The van der Waals surface area contributed by atoms with Gasteiger partial charge in [-0.3, -0.25) is 0 Å². The molecule has 0 aromatic heterocycles. The van der Waals surface area contributed by atoms with E-state index < -0.39 is 23.7 Å². The Morgan fingerprint density at radius 1 is 1.22 bits per heavy atom. The van der Waals surface area contributed by atoms with Crippen LogP contribution in [0.5, 0.6) is 0 Å². The number of esters is 1. The van der Waals surface area contributed by atoms with Crippen molar-refractivity contribution in [1.29, 1.82) is 0 Å². The minimum atomic E-state index is -0.713. The van der Waals surface area contributed by atoms with Crippen LogP contribution in [0.3, 0.4) is 0 Å². The molecular formula is C17H24BrNO4. The first-order chi connectivity index (χ1) is 10.8. The third-order valence-corrected chi connectivity index (χ3v) is 3.38. The summed E-state index contributed by atoms with van der Waals surface area (Å²) < 4.78 is 10.5. The number of carbonyl (C=O) groups is 2. The second-order valence-corrected chi connectivity index (χ2v) is 6.92. The van der Waals surface area contributed by atoms with E-state index in [1.807, 2.05) is 30.3 Å². The highest BCUT2D eigenvalue weighted by Crippen LogP contribution is 2.11. The molecule has 1 atom stereocenters. The monoisotopic (exact) mass is 385 g/mol. The van der Waals surface area contributed by atoms with E-state index in [4.69, 9.17) is 9.47 Å². The summed E-state index contributed by atoms with van der Waals surface area (Å²) in [5, 5.41) is 3.33. The zero-order valence-corrected chi connectivity index (χ0v) is 15.4. The number of carbonyl (C=O) groups excluding carboxylic acids is 2.